The minimum Gasteiger partial charge on any atom is -0.294 e. The summed E-state index contributed by atoms with van der Waals surface area (Å²) in [5.74, 6) is -1.62. The van der Waals surface area contributed by atoms with Crippen LogP contribution < -0.4 is 0 Å². The highest BCUT2D eigenvalue weighted by Crippen LogP contribution is 2.33. The maximum absolute atomic E-state index is 13.4. The molecule has 0 aliphatic carbocycles. The summed E-state index contributed by atoms with van der Waals surface area (Å²) >= 11 is 2.66. The van der Waals surface area contributed by atoms with Crippen LogP contribution in [0.15, 0.2) is 16.6 Å². The summed E-state index contributed by atoms with van der Waals surface area (Å²) in [6, 6.07) is 1.15. The van der Waals surface area contributed by atoms with E-state index in [1.807, 2.05) is 0 Å². The molecule has 0 aliphatic heterocycles. The number of Topliss-reactive ketones (excluding diaryl/α,β-unsaturated/α-hetero) is 1. The van der Waals surface area contributed by atoms with Gasteiger partial charge in [0.2, 0.25) is 0 Å². The maximum Gasteiger partial charge on any atom is 0.416 e. The first kappa shape index (κ1) is 13.2. The Morgan fingerprint density at radius 1 is 1.38 bits per heavy atom. The average Bonchev–Trinajstić information content (AvgIpc) is 2.19. The first-order chi connectivity index (χ1) is 7.27. The molecule has 1 nitrogen and oxygen atoms in total. The highest BCUT2D eigenvalue weighted by molar-refractivity contribution is 9.10. The zero-order chi connectivity index (χ0) is 12.5. The van der Waals surface area contributed by atoms with Gasteiger partial charge in [0.1, 0.15) is 5.82 Å². The van der Waals surface area contributed by atoms with Crippen molar-refractivity contribution in [3.63, 3.8) is 0 Å². The molecule has 0 radical (unpaired) electrons. The lowest BCUT2D eigenvalue weighted by Gasteiger charge is -2.10. The average molecular weight is 299 g/mol. The monoisotopic (exact) mass is 298 g/mol. The molecular weight excluding hydrogens is 292 g/mol. The van der Waals surface area contributed by atoms with Crippen molar-refractivity contribution in [3.05, 3.63) is 33.5 Å². The zero-order valence-corrected chi connectivity index (χ0v) is 9.75. The molecule has 0 aliphatic rings. The molecule has 0 fully saturated rings. The summed E-state index contributed by atoms with van der Waals surface area (Å²) in [4.78, 5) is 11.2. The van der Waals surface area contributed by atoms with E-state index in [4.69, 9.17) is 0 Å². The number of carbonyl (C=O) groups is 1. The molecule has 0 atom stereocenters. The topological polar surface area (TPSA) is 17.1 Å². The van der Waals surface area contributed by atoms with Crippen LogP contribution in [0.25, 0.3) is 0 Å². The lowest BCUT2D eigenvalue weighted by molar-refractivity contribution is -0.137. The van der Waals surface area contributed by atoms with Crippen LogP contribution in [-0.4, -0.2) is 5.78 Å². The quantitative estimate of drug-likeness (QED) is 0.591. The Kier molecular flexibility index (Phi) is 3.72. The lowest BCUT2D eigenvalue weighted by atomic mass is 10.0. The minimum atomic E-state index is -4.60. The largest absolute Gasteiger partial charge is 0.416 e. The van der Waals surface area contributed by atoms with Gasteiger partial charge in [-0.25, -0.2) is 4.39 Å². The molecule has 16 heavy (non-hydrogen) atoms. The fourth-order valence-corrected chi connectivity index (χ4v) is 1.61. The van der Waals surface area contributed by atoms with Crippen molar-refractivity contribution in [2.24, 2.45) is 0 Å². The Morgan fingerprint density at radius 2 is 1.94 bits per heavy atom. The van der Waals surface area contributed by atoms with Crippen molar-refractivity contribution in [2.45, 2.75) is 19.5 Å². The molecule has 88 valence electrons. The van der Waals surface area contributed by atoms with E-state index < -0.39 is 28.9 Å². The Bertz CT molecular complexity index is 426. The van der Waals surface area contributed by atoms with Gasteiger partial charge in [0.15, 0.2) is 5.78 Å². The molecule has 0 saturated heterocycles. The second kappa shape index (κ2) is 4.53. The molecule has 0 aromatic heterocycles. The minimum absolute atomic E-state index is 0.0509. The number of ketones is 1. The molecule has 0 heterocycles. The van der Waals surface area contributed by atoms with Crippen LogP contribution in [-0.2, 0) is 6.18 Å². The Balaban J connectivity index is 3.39. The first-order valence-electron chi connectivity index (χ1n) is 4.36. The van der Waals surface area contributed by atoms with Gasteiger partial charge in [-0.2, -0.15) is 13.2 Å². The van der Waals surface area contributed by atoms with Crippen molar-refractivity contribution in [1.82, 2.24) is 0 Å². The van der Waals surface area contributed by atoms with E-state index in [2.05, 4.69) is 15.9 Å². The number of halogens is 5. The van der Waals surface area contributed by atoms with Crippen LogP contribution >= 0.6 is 15.9 Å². The summed E-state index contributed by atoms with van der Waals surface area (Å²) < 4.78 is 50.2. The van der Waals surface area contributed by atoms with Gasteiger partial charge in [0, 0.05) is 6.42 Å². The van der Waals surface area contributed by atoms with E-state index in [0.29, 0.717) is 12.1 Å². The van der Waals surface area contributed by atoms with Crippen LogP contribution in [0.1, 0.15) is 29.3 Å². The van der Waals surface area contributed by atoms with Crippen molar-refractivity contribution in [1.29, 1.82) is 0 Å². The van der Waals surface area contributed by atoms with E-state index in [9.17, 15) is 22.4 Å². The number of benzene rings is 1. The fraction of sp³-hybridized carbons (Fsp3) is 0.300. The molecule has 1 rings (SSSR count). The molecule has 0 amide bonds. The van der Waals surface area contributed by atoms with Crippen LogP contribution in [0.3, 0.4) is 0 Å². The number of carbonyl (C=O) groups excluding carboxylic acids is 1. The third-order valence-electron chi connectivity index (χ3n) is 1.98. The third kappa shape index (κ3) is 2.61. The molecule has 0 bridgehead atoms. The molecule has 0 spiro atoms. The Hall–Kier alpha value is -0.910. The van der Waals surface area contributed by atoms with Gasteiger partial charge >= 0.3 is 6.18 Å². The maximum atomic E-state index is 13.4. The number of alkyl halides is 3. The fourth-order valence-electron chi connectivity index (χ4n) is 1.15. The smallest absolute Gasteiger partial charge is 0.294 e. The van der Waals surface area contributed by atoms with Gasteiger partial charge in [0.25, 0.3) is 0 Å². The van der Waals surface area contributed by atoms with Crippen molar-refractivity contribution in [2.75, 3.05) is 0 Å². The van der Waals surface area contributed by atoms with Crippen LogP contribution in [0.2, 0.25) is 0 Å². The summed E-state index contributed by atoms with van der Waals surface area (Å²) in [7, 11) is 0. The van der Waals surface area contributed by atoms with E-state index in [-0.39, 0.29) is 10.9 Å². The lowest BCUT2D eigenvalue weighted by Crippen LogP contribution is -2.09. The van der Waals surface area contributed by atoms with E-state index in [1.54, 1.807) is 0 Å². The third-order valence-corrected chi connectivity index (χ3v) is 2.55. The summed E-state index contributed by atoms with van der Waals surface area (Å²) in [5, 5.41) is 0. The van der Waals surface area contributed by atoms with Crippen molar-refractivity contribution >= 4 is 21.7 Å². The zero-order valence-electron chi connectivity index (χ0n) is 8.16. The van der Waals surface area contributed by atoms with Gasteiger partial charge in [-0.05, 0) is 28.1 Å². The predicted molar refractivity (Wildman–Crippen MR) is 53.7 cm³/mol. The van der Waals surface area contributed by atoms with Gasteiger partial charge in [-0.15, -0.1) is 0 Å². The second-order valence-electron chi connectivity index (χ2n) is 3.09. The van der Waals surface area contributed by atoms with Crippen molar-refractivity contribution in [3.8, 4) is 0 Å². The normalized spacial score (nSPS) is 11.6. The predicted octanol–water partition coefficient (Wildman–Crippen LogP) is 4.20. The number of hydrogen-bond acceptors (Lipinski definition) is 1. The summed E-state index contributed by atoms with van der Waals surface area (Å²) in [6.07, 6.45) is -4.65. The van der Waals surface area contributed by atoms with E-state index >= 15 is 0 Å². The highest BCUT2D eigenvalue weighted by atomic mass is 79.9. The number of hydrogen-bond donors (Lipinski definition) is 0. The summed E-state index contributed by atoms with van der Waals surface area (Å²) in [6.45, 7) is 1.45. The van der Waals surface area contributed by atoms with Crippen LogP contribution in [0.5, 0.6) is 0 Å². The Labute approximate surface area is 97.6 Å². The van der Waals surface area contributed by atoms with Gasteiger partial charge in [-0.1, -0.05) is 6.92 Å². The number of rotatable bonds is 2. The van der Waals surface area contributed by atoms with Gasteiger partial charge < -0.3 is 0 Å². The standard InChI is InChI=1S/C10H7BrF4O/c1-2-8(16)6-3-5(10(13,14)15)4-7(11)9(6)12/h3-4H,2H2,1H3. The molecule has 1 aromatic rings. The van der Waals surface area contributed by atoms with Gasteiger partial charge in [-0.3, -0.25) is 4.79 Å². The van der Waals surface area contributed by atoms with E-state index in [0.717, 1.165) is 0 Å². The van der Waals surface area contributed by atoms with Crippen LogP contribution in [0.4, 0.5) is 17.6 Å². The highest BCUT2D eigenvalue weighted by Gasteiger charge is 2.32. The second-order valence-corrected chi connectivity index (χ2v) is 3.95. The Morgan fingerprint density at radius 3 is 2.38 bits per heavy atom. The van der Waals surface area contributed by atoms with Crippen molar-refractivity contribution < 1.29 is 22.4 Å². The van der Waals surface area contributed by atoms with Crippen LogP contribution in [0, 0.1) is 5.82 Å². The summed E-state index contributed by atoms with van der Waals surface area (Å²) in [5.41, 5.74) is -1.58. The molecule has 6 heteroatoms. The SMILES string of the molecule is CCC(=O)c1cc(C(F)(F)F)cc(Br)c1F. The first-order valence-corrected chi connectivity index (χ1v) is 5.16. The molecular formula is C10H7BrF4O. The van der Waals surface area contributed by atoms with E-state index in [1.165, 1.54) is 6.92 Å². The molecule has 0 unspecified atom stereocenters. The van der Waals surface area contributed by atoms with Gasteiger partial charge in [0.05, 0.1) is 15.6 Å². The molecule has 1 aromatic carbocycles. The molecule has 0 saturated carbocycles. The molecule has 0 N–H and O–H groups in total.